The number of esters is 1. The van der Waals surface area contributed by atoms with Crippen molar-refractivity contribution < 1.29 is 14.3 Å². The number of aromatic nitrogens is 4. The largest absolute Gasteiger partial charge is 0.450 e. The Morgan fingerprint density at radius 1 is 1.35 bits per heavy atom. The van der Waals surface area contributed by atoms with E-state index in [2.05, 4.69) is 22.0 Å². The fraction of sp³-hybridized carbons (Fsp3) is 0.533. The molecule has 0 saturated carbocycles. The van der Waals surface area contributed by atoms with E-state index >= 15 is 0 Å². The molecule has 1 aliphatic rings. The maximum Gasteiger partial charge on any atom is 0.378 e. The van der Waals surface area contributed by atoms with Crippen molar-refractivity contribution >= 4 is 17.7 Å². The lowest BCUT2D eigenvalue weighted by Gasteiger charge is -2.30. The van der Waals surface area contributed by atoms with Crippen LogP contribution in [-0.2, 0) is 9.53 Å². The number of hydrogen-bond acceptors (Lipinski definition) is 6. The van der Waals surface area contributed by atoms with E-state index < -0.39 is 5.97 Å². The Bertz CT molecular complexity index is 734. The number of hydrogen-bond donors (Lipinski definition) is 0. The highest BCUT2D eigenvalue weighted by Crippen LogP contribution is 2.16. The number of carbonyl (C=O) groups excluding carboxylic acids is 2. The van der Waals surface area contributed by atoms with Gasteiger partial charge in [-0.15, -0.1) is 5.10 Å². The van der Waals surface area contributed by atoms with Crippen molar-refractivity contribution in [3.05, 3.63) is 23.8 Å². The molecule has 1 fully saturated rings. The van der Waals surface area contributed by atoms with E-state index in [1.807, 2.05) is 6.92 Å². The summed E-state index contributed by atoms with van der Waals surface area (Å²) in [5.74, 6) is -0.0170. The van der Waals surface area contributed by atoms with Crippen molar-refractivity contribution in [3.63, 3.8) is 0 Å². The van der Waals surface area contributed by atoms with E-state index in [1.54, 1.807) is 17.2 Å². The molecule has 3 heterocycles. The Morgan fingerprint density at radius 2 is 2.09 bits per heavy atom. The number of amides is 1. The van der Waals surface area contributed by atoms with Crippen LogP contribution >= 0.6 is 0 Å². The molecule has 23 heavy (non-hydrogen) atoms. The van der Waals surface area contributed by atoms with Gasteiger partial charge in [-0.1, -0.05) is 6.92 Å². The van der Waals surface area contributed by atoms with Gasteiger partial charge in [0.05, 0.1) is 0 Å². The Hall–Kier alpha value is -2.51. The average Bonchev–Trinajstić information content (AvgIpc) is 2.99. The molecule has 2 aromatic heterocycles. The zero-order valence-corrected chi connectivity index (χ0v) is 13.2. The summed E-state index contributed by atoms with van der Waals surface area (Å²) in [6.45, 7) is 5.15. The highest BCUT2D eigenvalue weighted by molar-refractivity contribution is 5.88. The molecule has 3 rings (SSSR count). The number of rotatable bonds is 3. The van der Waals surface area contributed by atoms with Crippen LogP contribution in [-0.4, -0.2) is 56.1 Å². The van der Waals surface area contributed by atoms with E-state index in [4.69, 9.17) is 4.74 Å². The Labute approximate surface area is 133 Å². The first-order valence-electron chi connectivity index (χ1n) is 7.68. The first kappa shape index (κ1) is 15.4. The van der Waals surface area contributed by atoms with Crippen LogP contribution in [0.4, 0.5) is 0 Å². The van der Waals surface area contributed by atoms with Gasteiger partial charge in [-0.3, -0.25) is 4.79 Å². The number of piperidine rings is 1. The summed E-state index contributed by atoms with van der Waals surface area (Å²) >= 11 is 0. The van der Waals surface area contributed by atoms with Gasteiger partial charge in [-0.2, -0.15) is 4.98 Å². The summed E-state index contributed by atoms with van der Waals surface area (Å²) in [4.78, 5) is 33.8. The number of carbonyl (C=O) groups is 2. The van der Waals surface area contributed by atoms with Gasteiger partial charge in [-0.05, 0) is 31.7 Å². The zero-order chi connectivity index (χ0) is 16.4. The van der Waals surface area contributed by atoms with Crippen molar-refractivity contribution in [2.45, 2.75) is 26.7 Å². The molecule has 0 N–H and O–H groups in total. The van der Waals surface area contributed by atoms with Gasteiger partial charge in [0.2, 0.25) is 0 Å². The van der Waals surface area contributed by atoms with Crippen LogP contribution in [0, 0.1) is 12.8 Å². The summed E-state index contributed by atoms with van der Waals surface area (Å²) in [6, 6.07) is 1.76. The number of nitrogens with zero attached hydrogens (tertiary/aromatic N) is 5. The minimum atomic E-state index is -0.714. The first-order valence-corrected chi connectivity index (χ1v) is 7.68. The van der Waals surface area contributed by atoms with Crippen LogP contribution in [0.3, 0.4) is 0 Å². The third kappa shape index (κ3) is 3.30. The molecule has 0 spiro atoms. The maximum atomic E-state index is 12.1. The van der Waals surface area contributed by atoms with Crippen molar-refractivity contribution in [1.82, 2.24) is 24.5 Å². The molecule has 8 nitrogen and oxygen atoms in total. The second-order valence-corrected chi connectivity index (χ2v) is 5.87. The number of aryl methyl sites for hydroxylation is 1. The van der Waals surface area contributed by atoms with Gasteiger partial charge in [0.25, 0.3) is 17.5 Å². The summed E-state index contributed by atoms with van der Waals surface area (Å²) in [6.07, 6.45) is 3.56. The lowest BCUT2D eigenvalue weighted by atomic mass is 9.99. The van der Waals surface area contributed by atoms with E-state index in [0.29, 0.717) is 24.8 Å². The lowest BCUT2D eigenvalue weighted by Crippen LogP contribution is -2.40. The van der Waals surface area contributed by atoms with Gasteiger partial charge in [0, 0.05) is 25.0 Å². The van der Waals surface area contributed by atoms with Crippen LogP contribution in [0.1, 0.15) is 36.1 Å². The molecule has 2 aromatic rings. The van der Waals surface area contributed by atoms with Crippen LogP contribution in [0.2, 0.25) is 0 Å². The first-order chi connectivity index (χ1) is 11.0. The molecule has 1 aliphatic heterocycles. The van der Waals surface area contributed by atoms with Crippen molar-refractivity contribution in [3.8, 4) is 0 Å². The number of likely N-dealkylation sites (tertiary alicyclic amines) is 1. The molecule has 0 aromatic carbocycles. The van der Waals surface area contributed by atoms with Crippen LogP contribution in [0.15, 0.2) is 12.3 Å². The zero-order valence-electron chi connectivity index (χ0n) is 13.2. The van der Waals surface area contributed by atoms with Crippen molar-refractivity contribution in [1.29, 1.82) is 0 Å². The SMILES string of the molecule is Cc1ccnc2nc(C(=O)OCC(=O)N3CCC(C)CC3)nn12. The fourth-order valence-electron chi connectivity index (χ4n) is 2.53. The molecule has 0 radical (unpaired) electrons. The summed E-state index contributed by atoms with van der Waals surface area (Å²) < 4.78 is 6.51. The quantitative estimate of drug-likeness (QED) is 0.780. The molecule has 1 saturated heterocycles. The van der Waals surface area contributed by atoms with Gasteiger partial charge < -0.3 is 9.64 Å². The topological polar surface area (TPSA) is 89.7 Å². The van der Waals surface area contributed by atoms with Crippen LogP contribution < -0.4 is 0 Å². The van der Waals surface area contributed by atoms with Crippen molar-refractivity contribution in [2.75, 3.05) is 19.7 Å². The second kappa shape index (κ2) is 6.31. The van der Waals surface area contributed by atoms with Crippen LogP contribution in [0.25, 0.3) is 5.78 Å². The molecule has 0 unspecified atom stereocenters. The highest BCUT2D eigenvalue weighted by Gasteiger charge is 2.22. The molecule has 8 heteroatoms. The number of fused-ring (bicyclic) bond motifs is 1. The monoisotopic (exact) mass is 317 g/mol. The standard InChI is InChI=1S/C15H19N5O3/c1-10-4-7-19(8-5-10)12(21)9-23-14(22)13-17-15-16-6-3-11(2)20(15)18-13/h3,6,10H,4-5,7-9H2,1-2H3. The highest BCUT2D eigenvalue weighted by atomic mass is 16.5. The molecule has 0 bridgehead atoms. The Morgan fingerprint density at radius 3 is 2.78 bits per heavy atom. The smallest absolute Gasteiger partial charge is 0.378 e. The summed E-state index contributed by atoms with van der Waals surface area (Å²) in [5, 5.41) is 4.06. The van der Waals surface area contributed by atoms with Gasteiger partial charge in [0.1, 0.15) is 0 Å². The number of ether oxygens (including phenoxy) is 1. The van der Waals surface area contributed by atoms with Gasteiger partial charge in [0.15, 0.2) is 6.61 Å². The maximum absolute atomic E-state index is 12.1. The fourth-order valence-corrected chi connectivity index (χ4v) is 2.53. The second-order valence-electron chi connectivity index (χ2n) is 5.87. The molecule has 0 aliphatic carbocycles. The van der Waals surface area contributed by atoms with Crippen LogP contribution in [0.5, 0.6) is 0 Å². The molecular weight excluding hydrogens is 298 g/mol. The summed E-state index contributed by atoms with van der Waals surface area (Å²) in [5.41, 5.74) is 0.806. The third-order valence-corrected chi connectivity index (χ3v) is 4.08. The minimum Gasteiger partial charge on any atom is -0.450 e. The van der Waals surface area contributed by atoms with E-state index in [0.717, 1.165) is 18.5 Å². The Balaban J connectivity index is 1.60. The van der Waals surface area contributed by atoms with Gasteiger partial charge in [-0.25, -0.2) is 14.3 Å². The van der Waals surface area contributed by atoms with E-state index in [1.165, 1.54) is 4.52 Å². The third-order valence-electron chi connectivity index (χ3n) is 4.08. The molecule has 0 atom stereocenters. The predicted octanol–water partition coefficient (Wildman–Crippen LogP) is 0.848. The predicted molar refractivity (Wildman–Crippen MR) is 80.8 cm³/mol. The van der Waals surface area contributed by atoms with E-state index in [9.17, 15) is 9.59 Å². The Kier molecular flexibility index (Phi) is 4.22. The lowest BCUT2D eigenvalue weighted by molar-refractivity contribution is -0.135. The minimum absolute atomic E-state index is 0.0909. The normalized spacial score (nSPS) is 15.8. The summed E-state index contributed by atoms with van der Waals surface area (Å²) in [7, 11) is 0. The molecular formula is C15H19N5O3. The average molecular weight is 317 g/mol. The van der Waals surface area contributed by atoms with Gasteiger partial charge >= 0.3 is 5.97 Å². The molecule has 1 amide bonds. The van der Waals surface area contributed by atoms with Crippen molar-refractivity contribution in [2.24, 2.45) is 5.92 Å². The van der Waals surface area contributed by atoms with E-state index in [-0.39, 0.29) is 18.3 Å². The molecule has 122 valence electrons.